The van der Waals surface area contributed by atoms with Gasteiger partial charge in [0.25, 0.3) is 0 Å². The molecule has 0 saturated heterocycles. The summed E-state index contributed by atoms with van der Waals surface area (Å²) in [5, 5.41) is 0. The first-order valence-corrected chi connectivity index (χ1v) is 8.42. The van der Waals surface area contributed by atoms with Crippen LogP contribution < -0.4 is 0 Å². The Kier molecular flexibility index (Phi) is 3.39. The van der Waals surface area contributed by atoms with Gasteiger partial charge in [-0.15, -0.1) is 0 Å². The molecule has 5 rings (SSSR count). The third-order valence-electron chi connectivity index (χ3n) is 4.47. The van der Waals surface area contributed by atoms with Gasteiger partial charge in [0.2, 0.25) is 0 Å². The Morgan fingerprint density at radius 2 is 0.692 bits per heavy atom. The van der Waals surface area contributed by atoms with E-state index in [4.69, 9.17) is 0 Å². The molecule has 0 spiro atoms. The number of fused-ring (bicyclic) bond motifs is 2. The van der Waals surface area contributed by atoms with Gasteiger partial charge in [-0.2, -0.15) is 0 Å². The first-order chi connectivity index (χ1) is 12.9. The predicted octanol–water partition coefficient (Wildman–Crippen LogP) is 4.91. The zero-order chi connectivity index (χ0) is 17.3. The third kappa shape index (κ3) is 2.24. The number of aromatic nitrogens is 4. The van der Waals surface area contributed by atoms with Crippen molar-refractivity contribution in [3.8, 4) is 22.3 Å². The highest BCUT2D eigenvalue weighted by Crippen LogP contribution is 2.39. The summed E-state index contributed by atoms with van der Waals surface area (Å²) in [6.45, 7) is 0. The summed E-state index contributed by atoms with van der Waals surface area (Å²) < 4.78 is 0. The van der Waals surface area contributed by atoms with Gasteiger partial charge in [-0.05, 0) is 11.1 Å². The monoisotopic (exact) mass is 334 g/mol. The average molecular weight is 334 g/mol. The van der Waals surface area contributed by atoms with Crippen LogP contribution in [0.3, 0.4) is 0 Å². The minimum Gasteiger partial charge on any atom is -0.252 e. The Labute approximate surface area is 150 Å². The quantitative estimate of drug-likeness (QED) is 0.431. The molecule has 2 heterocycles. The van der Waals surface area contributed by atoms with Crippen LogP contribution in [0.2, 0.25) is 0 Å². The lowest BCUT2D eigenvalue weighted by molar-refractivity contribution is 1.27. The van der Waals surface area contributed by atoms with Crippen molar-refractivity contribution in [2.24, 2.45) is 0 Å². The maximum Gasteiger partial charge on any atom is 0.0994 e. The topological polar surface area (TPSA) is 51.6 Å². The molecule has 0 bridgehead atoms. The van der Waals surface area contributed by atoms with E-state index in [-0.39, 0.29) is 0 Å². The van der Waals surface area contributed by atoms with E-state index in [0.717, 1.165) is 44.3 Å². The Morgan fingerprint density at radius 3 is 1.00 bits per heavy atom. The maximum absolute atomic E-state index is 4.66. The highest BCUT2D eigenvalue weighted by Gasteiger charge is 2.19. The molecule has 5 aromatic rings. The van der Waals surface area contributed by atoms with E-state index in [1.165, 1.54) is 0 Å². The molecule has 26 heavy (non-hydrogen) atoms. The largest absolute Gasteiger partial charge is 0.252 e. The molecule has 2 aromatic heterocycles. The summed E-state index contributed by atoms with van der Waals surface area (Å²) in [4.78, 5) is 18.7. The molecule has 4 nitrogen and oxygen atoms in total. The number of rotatable bonds is 2. The smallest absolute Gasteiger partial charge is 0.0994 e. The molecule has 0 aliphatic heterocycles. The predicted molar refractivity (Wildman–Crippen MR) is 104 cm³/mol. The number of benzene rings is 3. The van der Waals surface area contributed by atoms with E-state index < -0.39 is 0 Å². The molecular weight excluding hydrogens is 320 g/mol. The van der Waals surface area contributed by atoms with Crippen LogP contribution in [0.15, 0.2) is 85.5 Å². The first-order valence-electron chi connectivity index (χ1n) is 8.42. The van der Waals surface area contributed by atoms with Crippen LogP contribution in [-0.2, 0) is 0 Å². The van der Waals surface area contributed by atoms with Gasteiger partial charge < -0.3 is 0 Å². The highest BCUT2D eigenvalue weighted by atomic mass is 14.8. The SMILES string of the molecule is c1ccc(-c2c3nccnc3c(-c3ccccc3)c3nccnc23)cc1. The van der Waals surface area contributed by atoms with E-state index in [0.29, 0.717) is 0 Å². The van der Waals surface area contributed by atoms with Crippen LogP contribution in [0.5, 0.6) is 0 Å². The van der Waals surface area contributed by atoms with Crippen molar-refractivity contribution in [1.29, 1.82) is 0 Å². The van der Waals surface area contributed by atoms with Crippen molar-refractivity contribution in [2.45, 2.75) is 0 Å². The van der Waals surface area contributed by atoms with Gasteiger partial charge in [0, 0.05) is 35.9 Å². The van der Waals surface area contributed by atoms with E-state index in [2.05, 4.69) is 44.2 Å². The summed E-state index contributed by atoms with van der Waals surface area (Å²) in [7, 11) is 0. The second kappa shape index (κ2) is 6.01. The van der Waals surface area contributed by atoms with Crippen LogP contribution in [0, 0.1) is 0 Å². The standard InChI is InChI=1S/C22H14N4/c1-3-7-15(8-4-1)17-19-21(25-13-11-23-19)18(16-9-5-2-6-10-16)22-20(17)24-12-14-26-22/h1-14H. The van der Waals surface area contributed by atoms with Crippen molar-refractivity contribution < 1.29 is 0 Å². The molecule has 0 saturated carbocycles. The van der Waals surface area contributed by atoms with Crippen LogP contribution in [0.25, 0.3) is 44.3 Å². The van der Waals surface area contributed by atoms with Gasteiger partial charge >= 0.3 is 0 Å². The van der Waals surface area contributed by atoms with E-state index in [1.807, 2.05) is 36.4 Å². The van der Waals surface area contributed by atoms with Crippen LogP contribution in [0.4, 0.5) is 0 Å². The fraction of sp³-hybridized carbons (Fsp3) is 0. The fourth-order valence-corrected chi connectivity index (χ4v) is 3.39. The molecule has 3 aromatic carbocycles. The van der Waals surface area contributed by atoms with Crippen LogP contribution in [-0.4, -0.2) is 19.9 Å². The maximum atomic E-state index is 4.66. The summed E-state index contributed by atoms with van der Waals surface area (Å²) >= 11 is 0. The Bertz CT molecular complexity index is 1060. The molecular formula is C22H14N4. The highest BCUT2D eigenvalue weighted by molar-refractivity contribution is 6.16. The molecule has 0 radical (unpaired) electrons. The van der Waals surface area contributed by atoms with Gasteiger partial charge in [-0.1, -0.05) is 60.7 Å². The second-order valence-corrected chi connectivity index (χ2v) is 5.99. The molecule has 0 fully saturated rings. The molecule has 122 valence electrons. The van der Waals surface area contributed by atoms with Gasteiger partial charge in [-0.3, -0.25) is 19.9 Å². The minimum absolute atomic E-state index is 0.838. The normalized spacial score (nSPS) is 11.1. The summed E-state index contributed by atoms with van der Waals surface area (Å²) in [6.07, 6.45) is 6.91. The Hall–Kier alpha value is -3.66. The van der Waals surface area contributed by atoms with Crippen LogP contribution >= 0.6 is 0 Å². The van der Waals surface area contributed by atoms with Gasteiger partial charge in [0.15, 0.2) is 0 Å². The number of hydrogen-bond donors (Lipinski definition) is 0. The number of nitrogens with zero attached hydrogens (tertiary/aromatic N) is 4. The lowest BCUT2D eigenvalue weighted by Gasteiger charge is -2.14. The lowest BCUT2D eigenvalue weighted by atomic mass is 9.95. The molecule has 0 atom stereocenters. The second-order valence-electron chi connectivity index (χ2n) is 5.99. The summed E-state index contributed by atoms with van der Waals surface area (Å²) in [5.74, 6) is 0. The van der Waals surface area contributed by atoms with E-state index in [9.17, 15) is 0 Å². The zero-order valence-corrected chi connectivity index (χ0v) is 13.9. The van der Waals surface area contributed by atoms with Crippen molar-refractivity contribution in [3.63, 3.8) is 0 Å². The van der Waals surface area contributed by atoms with E-state index >= 15 is 0 Å². The van der Waals surface area contributed by atoms with Crippen molar-refractivity contribution >= 4 is 22.1 Å². The number of hydrogen-bond acceptors (Lipinski definition) is 4. The van der Waals surface area contributed by atoms with Crippen molar-refractivity contribution in [1.82, 2.24) is 19.9 Å². The van der Waals surface area contributed by atoms with E-state index in [1.54, 1.807) is 24.8 Å². The summed E-state index contributed by atoms with van der Waals surface area (Å²) in [5.41, 5.74) is 7.41. The lowest BCUT2D eigenvalue weighted by Crippen LogP contribution is -1.97. The molecule has 4 heteroatoms. The molecule has 0 unspecified atom stereocenters. The minimum atomic E-state index is 0.838. The van der Waals surface area contributed by atoms with Gasteiger partial charge in [0.05, 0.1) is 22.1 Å². The first kappa shape index (κ1) is 14.7. The zero-order valence-electron chi connectivity index (χ0n) is 13.9. The van der Waals surface area contributed by atoms with Gasteiger partial charge in [0.1, 0.15) is 0 Å². The fourth-order valence-electron chi connectivity index (χ4n) is 3.39. The van der Waals surface area contributed by atoms with Crippen LogP contribution in [0.1, 0.15) is 0 Å². The van der Waals surface area contributed by atoms with Crippen molar-refractivity contribution in [3.05, 3.63) is 85.5 Å². The Balaban J connectivity index is 2.02. The molecule has 0 amide bonds. The molecule has 0 aliphatic carbocycles. The third-order valence-corrected chi connectivity index (χ3v) is 4.47. The van der Waals surface area contributed by atoms with Crippen molar-refractivity contribution in [2.75, 3.05) is 0 Å². The average Bonchev–Trinajstić information content (AvgIpc) is 2.73. The Morgan fingerprint density at radius 1 is 0.385 bits per heavy atom. The summed E-state index contributed by atoms with van der Waals surface area (Å²) in [6, 6.07) is 20.4. The molecule has 0 aliphatic rings. The molecule has 0 N–H and O–H groups in total. The van der Waals surface area contributed by atoms with Gasteiger partial charge in [-0.25, -0.2) is 0 Å².